The van der Waals surface area contributed by atoms with Crippen LogP contribution < -0.4 is 5.32 Å². The first-order valence-corrected chi connectivity index (χ1v) is 7.04. The molecule has 3 aromatic rings. The van der Waals surface area contributed by atoms with Gasteiger partial charge in [-0.05, 0) is 54.4 Å². The summed E-state index contributed by atoms with van der Waals surface area (Å²) >= 11 is 6.18. The smallest absolute Gasteiger partial charge is 0.125 e. The third-order valence-electron chi connectivity index (χ3n) is 3.33. The Labute approximate surface area is 127 Å². The van der Waals surface area contributed by atoms with Gasteiger partial charge in [-0.3, -0.25) is 4.98 Å². The Balaban J connectivity index is 1.90. The van der Waals surface area contributed by atoms with Crippen LogP contribution in [0.3, 0.4) is 0 Å². The van der Waals surface area contributed by atoms with Gasteiger partial charge in [-0.15, -0.1) is 0 Å². The Morgan fingerprint density at radius 3 is 2.86 bits per heavy atom. The summed E-state index contributed by atoms with van der Waals surface area (Å²) in [7, 11) is 0. The lowest BCUT2D eigenvalue weighted by atomic mass is 10.1. The fourth-order valence-corrected chi connectivity index (χ4v) is 2.59. The molecule has 4 heteroatoms. The highest BCUT2D eigenvalue weighted by Crippen LogP contribution is 2.25. The average Bonchev–Trinajstić information content (AvgIpc) is 2.46. The molecule has 0 unspecified atom stereocenters. The zero-order chi connectivity index (χ0) is 14.8. The van der Waals surface area contributed by atoms with Gasteiger partial charge >= 0.3 is 0 Å². The number of halogens is 2. The van der Waals surface area contributed by atoms with Gasteiger partial charge in [-0.25, -0.2) is 4.39 Å². The summed E-state index contributed by atoms with van der Waals surface area (Å²) < 4.78 is 13.4. The molecule has 21 heavy (non-hydrogen) atoms. The van der Waals surface area contributed by atoms with Crippen molar-refractivity contribution in [3.8, 4) is 0 Å². The first-order chi connectivity index (χ1) is 10.1. The number of hydrogen-bond acceptors (Lipinski definition) is 2. The number of fused-ring (bicyclic) bond motifs is 1. The van der Waals surface area contributed by atoms with Crippen molar-refractivity contribution in [1.29, 1.82) is 0 Å². The lowest BCUT2D eigenvalue weighted by Gasteiger charge is -2.10. The minimum atomic E-state index is -0.239. The summed E-state index contributed by atoms with van der Waals surface area (Å²) in [5.41, 5.74) is 3.53. The molecule has 1 N–H and O–H groups in total. The van der Waals surface area contributed by atoms with Crippen LogP contribution in [0.15, 0.2) is 48.7 Å². The predicted molar refractivity (Wildman–Crippen MR) is 85.2 cm³/mol. The fraction of sp³-hybridized carbons (Fsp3) is 0.118. The van der Waals surface area contributed by atoms with Crippen molar-refractivity contribution >= 4 is 28.2 Å². The maximum Gasteiger partial charge on any atom is 0.125 e. The van der Waals surface area contributed by atoms with Crippen LogP contribution in [0.1, 0.15) is 11.1 Å². The molecule has 0 atom stereocenters. The maximum absolute atomic E-state index is 13.4. The Bertz CT molecular complexity index is 782. The van der Waals surface area contributed by atoms with E-state index < -0.39 is 0 Å². The monoisotopic (exact) mass is 300 g/mol. The quantitative estimate of drug-likeness (QED) is 0.740. The molecule has 0 aliphatic rings. The van der Waals surface area contributed by atoms with Crippen LogP contribution >= 0.6 is 11.6 Å². The fourth-order valence-electron chi connectivity index (χ4n) is 2.37. The van der Waals surface area contributed by atoms with E-state index in [0.29, 0.717) is 11.6 Å². The molecule has 2 aromatic carbocycles. The zero-order valence-electron chi connectivity index (χ0n) is 11.5. The minimum Gasteiger partial charge on any atom is -0.381 e. The van der Waals surface area contributed by atoms with E-state index in [-0.39, 0.29) is 5.82 Å². The number of aryl methyl sites for hydroxylation is 1. The SMILES string of the molecule is Cc1cc(F)cc(NCc2ccc(Cl)c3cccnc23)c1. The third-order valence-corrected chi connectivity index (χ3v) is 3.65. The molecule has 0 spiro atoms. The summed E-state index contributed by atoms with van der Waals surface area (Å²) in [5.74, 6) is -0.239. The zero-order valence-corrected chi connectivity index (χ0v) is 12.3. The van der Waals surface area contributed by atoms with Gasteiger partial charge in [0.05, 0.1) is 5.52 Å². The van der Waals surface area contributed by atoms with Crippen LogP contribution in [0.5, 0.6) is 0 Å². The largest absolute Gasteiger partial charge is 0.381 e. The molecule has 106 valence electrons. The number of nitrogens with one attached hydrogen (secondary N) is 1. The van der Waals surface area contributed by atoms with Crippen LogP contribution in [-0.2, 0) is 6.54 Å². The van der Waals surface area contributed by atoms with Gasteiger partial charge in [-0.2, -0.15) is 0 Å². The second-order valence-corrected chi connectivity index (χ2v) is 5.38. The summed E-state index contributed by atoms with van der Waals surface area (Å²) in [4.78, 5) is 4.39. The number of benzene rings is 2. The minimum absolute atomic E-state index is 0.239. The molecule has 0 amide bonds. The molecule has 0 aliphatic carbocycles. The van der Waals surface area contributed by atoms with Gasteiger partial charge in [0.1, 0.15) is 5.82 Å². The number of anilines is 1. The molecule has 3 rings (SSSR count). The highest BCUT2D eigenvalue weighted by atomic mass is 35.5. The van der Waals surface area contributed by atoms with Crippen molar-refractivity contribution < 1.29 is 4.39 Å². The topological polar surface area (TPSA) is 24.9 Å². The van der Waals surface area contributed by atoms with Gasteiger partial charge in [0.25, 0.3) is 0 Å². The van der Waals surface area contributed by atoms with Crippen molar-refractivity contribution in [2.45, 2.75) is 13.5 Å². The number of hydrogen-bond donors (Lipinski definition) is 1. The molecule has 0 aliphatic heterocycles. The molecule has 0 saturated carbocycles. The molecule has 0 radical (unpaired) electrons. The van der Waals surface area contributed by atoms with E-state index >= 15 is 0 Å². The number of nitrogens with zero attached hydrogens (tertiary/aromatic N) is 1. The molecule has 0 fully saturated rings. The van der Waals surface area contributed by atoms with Crippen molar-refractivity contribution in [3.05, 3.63) is 70.6 Å². The van der Waals surface area contributed by atoms with Gasteiger partial charge < -0.3 is 5.32 Å². The molecular formula is C17H14ClFN2. The third kappa shape index (κ3) is 2.98. The lowest BCUT2D eigenvalue weighted by molar-refractivity contribution is 0.627. The van der Waals surface area contributed by atoms with Crippen molar-refractivity contribution in [2.75, 3.05) is 5.32 Å². The number of aromatic nitrogens is 1. The van der Waals surface area contributed by atoms with E-state index in [4.69, 9.17) is 11.6 Å². The normalized spacial score (nSPS) is 10.8. The van der Waals surface area contributed by atoms with Crippen LogP contribution in [0.2, 0.25) is 5.02 Å². The molecule has 0 saturated heterocycles. The predicted octanol–water partition coefficient (Wildman–Crippen LogP) is 4.95. The second kappa shape index (κ2) is 5.70. The maximum atomic E-state index is 13.4. The van der Waals surface area contributed by atoms with Crippen LogP contribution in [0.4, 0.5) is 10.1 Å². The molecular weight excluding hydrogens is 287 g/mol. The lowest BCUT2D eigenvalue weighted by Crippen LogP contribution is -2.01. The van der Waals surface area contributed by atoms with Crippen LogP contribution in [0.25, 0.3) is 10.9 Å². The molecule has 1 aromatic heterocycles. The molecule has 1 heterocycles. The number of rotatable bonds is 3. The van der Waals surface area contributed by atoms with Gasteiger partial charge in [0.15, 0.2) is 0 Å². The molecule has 2 nitrogen and oxygen atoms in total. The Morgan fingerprint density at radius 1 is 1.19 bits per heavy atom. The summed E-state index contributed by atoms with van der Waals surface area (Å²) in [6, 6.07) is 12.5. The van der Waals surface area contributed by atoms with E-state index in [1.807, 2.05) is 37.3 Å². The van der Waals surface area contributed by atoms with Crippen molar-refractivity contribution in [2.24, 2.45) is 0 Å². The first-order valence-electron chi connectivity index (χ1n) is 6.66. The first kappa shape index (κ1) is 13.8. The van der Waals surface area contributed by atoms with Gasteiger partial charge in [0.2, 0.25) is 0 Å². The standard InChI is InChI=1S/C17H14ClFN2/c1-11-7-13(19)9-14(8-11)21-10-12-4-5-16(18)15-3-2-6-20-17(12)15/h2-9,21H,10H2,1H3. The van der Waals surface area contributed by atoms with E-state index in [0.717, 1.165) is 27.7 Å². The van der Waals surface area contributed by atoms with Gasteiger partial charge in [0, 0.05) is 28.8 Å². The number of pyridine rings is 1. The molecule has 0 bridgehead atoms. The van der Waals surface area contributed by atoms with Crippen LogP contribution in [-0.4, -0.2) is 4.98 Å². The summed E-state index contributed by atoms with van der Waals surface area (Å²) in [6.07, 6.45) is 1.74. The van der Waals surface area contributed by atoms with Crippen molar-refractivity contribution in [1.82, 2.24) is 4.98 Å². The van der Waals surface area contributed by atoms with Crippen molar-refractivity contribution in [3.63, 3.8) is 0 Å². The van der Waals surface area contributed by atoms with E-state index in [1.165, 1.54) is 12.1 Å². The van der Waals surface area contributed by atoms with E-state index in [1.54, 1.807) is 6.20 Å². The summed E-state index contributed by atoms with van der Waals surface area (Å²) in [5, 5.41) is 4.84. The van der Waals surface area contributed by atoms with E-state index in [9.17, 15) is 4.39 Å². The Kier molecular flexibility index (Phi) is 3.76. The summed E-state index contributed by atoms with van der Waals surface area (Å²) in [6.45, 7) is 2.43. The Hall–Kier alpha value is -2.13. The average molecular weight is 301 g/mol. The van der Waals surface area contributed by atoms with Crippen LogP contribution in [0, 0.1) is 12.7 Å². The Morgan fingerprint density at radius 2 is 2.05 bits per heavy atom. The highest BCUT2D eigenvalue weighted by molar-refractivity contribution is 6.35. The highest BCUT2D eigenvalue weighted by Gasteiger charge is 2.06. The van der Waals surface area contributed by atoms with E-state index in [2.05, 4.69) is 10.3 Å². The second-order valence-electron chi connectivity index (χ2n) is 4.98. The van der Waals surface area contributed by atoms with Gasteiger partial charge in [-0.1, -0.05) is 17.7 Å².